The predicted octanol–water partition coefficient (Wildman–Crippen LogP) is 1.45. The molecule has 0 bridgehead atoms. The number of hydrogen-bond acceptors (Lipinski definition) is 4. The van der Waals surface area contributed by atoms with Crippen LogP contribution in [0.15, 0.2) is 12.1 Å². The SMILES string of the molecule is Nc1cc([N+](=O)[O-])c(Cl)cc1C#CCNC(=O)O. The molecule has 0 aromatic heterocycles. The maximum Gasteiger partial charge on any atom is 0.405 e. The molecule has 0 aliphatic heterocycles. The average molecular weight is 270 g/mol. The zero-order valence-corrected chi connectivity index (χ0v) is 9.69. The van der Waals surface area contributed by atoms with Crippen molar-refractivity contribution in [3.8, 4) is 11.8 Å². The maximum atomic E-state index is 10.6. The number of nitrogen functional groups attached to an aromatic ring is 1. The summed E-state index contributed by atoms with van der Waals surface area (Å²) in [5.41, 5.74) is 5.67. The van der Waals surface area contributed by atoms with Gasteiger partial charge in [0.1, 0.15) is 5.02 Å². The Bertz CT molecular complexity index is 562. The molecule has 0 fully saturated rings. The Morgan fingerprint density at radius 2 is 2.28 bits per heavy atom. The molecule has 1 rings (SSSR count). The van der Waals surface area contributed by atoms with Gasteiger partial charge in [0.25, 0.3) is 5.69 Å². The number of rotatable bonds is 2. The molecule has 4 N–H and O–H groups in total. The van der Waals surface area contributed by atoms with E-state index in [0.29, 0.717) is 5.56 Å². The van der Waals surface area contributed by atoms with Crippen molar-refractivity contribution < 1.29 is 14.8 Å². The van der Waals surface area contributed by atoms with Crippen LogP contribution < -0.4 is 11.1 Å². The van der Waals surface area contributed by atoms with Crippen molar-refractivity contribution in [3.63, 3.8) is 0 Å². The molecule has 0 atom stereocenters. The van der Waals surface area contributed by atoms with Crippen LogP contribution >= 0.6 is 11.6 Å². The van der Waals surface area contributed by atoms with Gasteiger partial charge >= 0.3 is 6.09 Å². The second-order valence-corrected chi connectivity index (χ2v) is 3.52. The van der Waals surface area contributed by atoms with E-state index in [0.717, 1.165) is 6.07 Å². The van der Waals surface area contributed by atoms with Gasteiger partial charge in [-0.25, -0.2) is 4.79 Å². The number of carboxylic acid groups (broad SMARTS) is 1. The van der Waals surface area contributed by atoms with Crippen molar-refractivity contribution in [2.24, 2.45) is 0 Å². The highest BCUT2D eigenvalue weighted by atomic mass is 35.5. The van der Waals surface area contributed by atoms with Crippen molar-refractivity contribution >= 4 is 29.1 Å². The molecule has 1 aromatic rings. The standard InChI is InChI=1S/C10H8ClN3O4/c11-7-4-6(2-1-3-13-10(15)16)8(12)5-9(7)14(17)18/h4-5,13H,3,12H2,(H,15,16). The molecule has 18 heavy (non-hydrogen) atoms. The minimum absolute atomic E-state index is 0.0790. The van der Waals surface area contributed by atoms with E-state index in [-0.39, 0.29) is 22.9 Å². The van der Waals surface area contributed by atoms with Gasteiger partial charge in [0.2, 0.25) is 0 Å². The van der Waals surface area contributed by atoms with Crippen molar-refractivity contribution in [2.45, 2.75) is 0 Å². The topological polar surface area (TPSA) is 118 Å². The third-order valence-electron chi connectivity index (χ3n) is 1.87. The summed E-state index contributed by atoms with van der Waals surface area (Å²) in [5.74, 6) is 5.07. The number of nitro benzene ring substituents is 1. The summed E-state index contributed by atoms with van der Waals surface area (Å²) in [6, 6.07) is 2.37. The monoisotopic (exact) mass is 269 g/mol. The summed E-state index contributed by atoms with van der Waals surface area (Å²) < 4.78 is 0. The van der Waals surface area contributed by atoms with E-state index in [4.69, 9.17) is 22.4 Å². The zero-order valence-electron chi connectivity index (χ0n) is 8.94. The number of hydrogen-bond donors (Lipinski definition) is 3. The molecular weight excluding hydrogens is 262 g/mol. The Morgan fingerprint density at radius 1 is 1.61 bits per heavy atom. The van der Waals surface area contributed by atoms with Crippen LogP contribution in [0.1, 0.15) is 5.56 Å². The fourth-order valence-electron chi connectivity index (χ4n) is 1.09. The molecule has 1 aromatic carbocycles. The molecular formula is C10H8ClN3O4. The third kappa shape index (κ3) is 3.54. The van der Waals surface area contributed by atoms with E-state index in [1.165, 1.54) is 6.07 Å². The maximum absolute atomic E-state index is 10.6. The number of anilines is 1. The summed E-state index contributed by atoms with van der Waals surface area (Å²) in [6.07, 6.45) is -1.20. The fraction of sp³-hybridized carbons (Fsp3) is 0.100. The van der Waals surface area contributed by atoms with Gasteiger partial charge < -0.3 is 16.2 Å². The van der Waals surface area contributed by atoms with Gasteiger partial charge in [-0.2, -0.15) is 0 Å². The predicted molar refractivity (Wildman–Crippen MR) is 65.4 cm³/mol. The first-order valence-corrected chi connectivity index (χ1v) is 4.98. The lowest BCUT2D eigenvalue weighted by Crippen LogP contribution is -2.20. The van der Waals surface area contributed by atoms with Crippen molar-refractivity contribution in [1.29, 1.82) is 0 Å². The minimum atomic E-state index is -1.20. The minimum Gasteiger partial charge on any atom is -0.465 e. The number of nitrogens with zero attached hydrogens (tertiary/aromatic N) is 1. The zero-order chi connectivity index (χ0) is 13.7. The third-order valence-corrected chi connectivity index (χ3v) is 2.17. The Hall–Kier alpha value is -2.46. The highest BCUT2D eigenvalue weighted by Crippen LogP contribution is 2.28. The Morgan fingerprint density at radius 3 is 2.83 bits per heavy atom. The molecule has 0 radical (unpaired) electrons. The Labute approximate surface area is 107 Å². The summed E-state index contributed by atoms with van der Waals surface area (Å²) >= 11 is 5.68. The molecule has 0 spiro atoms. The summed E-state index contributed by atoms with van der Waals surface area (Å²) in [7, 11) is 0. The summed E-state index contributed by atoms with van der Waals surface area (Å²) in [5, 5.41) is 20.8. The molecule has 0 aliphatic rings. The van der Waals surface area contributed by atoms with Gasteiger partial charge in [-0.1, -0.05) is 23.4 Å². The molecule has 94 valence electrons. The van der Waals surface area contributed by atoms with Crippen molar-refractivity contribution in [3.05, 3.63) is 32.8 Å². The molecule has 0 heterocycles. The van der Waals surface area contributed by atoms with Crippen LogP contribution in [0, 0.1) is 22.0 Å². The van der Waals surface area contributed by atoms with Crippen LogP contribution in [0.5, 0.6) is 0 Å². The normalized spacial score (nSPS) is 9.17. The number of nitrogens with two attached hydrogens (primary N) is 1. The summed E-state index contributed by atoms with van der Waals surface area (Å²) in [6.45, 7) is -0.0800. The van der Waals surface area contributed by atoms with Gasteiger partial charge in [-0.05, 0) is 6.07 Å². The number of amides is 1. The quantitative estimate of drug-likeness (QED) is 0.325. The van der Waals surface area contributed by atoms with Gasteiger partial charge in [0, 0.05) is 11.6 Å². The highest BCUT2D eigenvalue weighted by molar-refractivity contribution is 6.32. The lowest BCUT2D eigenvalue weighted by molar-refractivity contribution is -0.384. The van der Waals surface area contributed by atoms with Crippen LogP contribution in [0.4, 0.5) is 16.2 Å². The number of benzene rings is 1. The van der Waals surface area contributed by atoms with E-state index in [9.17, 15) is 14.9 Å². The van der Waals surface area contributed by atoms with Crippen LogP contribution in [-0.4, -0.2) is 22.7 Å². The Kier molecular flexibility index (Phi) is 4.34. The lowest BCUT2D eigenvalue weighted by atomic mass is 10.1. The van der Waals surface area contributed by atoms with Gasteiger partial charge in [0.15, 0.2) is 0 Å². The first-order chi connectivity index (χ1) is 8.41. The van der Waals surface area contributed by atoms with E-state index in [1.54, 1.807) is 0 Å². The molecule has 0 saturated heterocycles. The largest absolute Gasteiger partial charge is 0.465 e. The van der Waals surface area contributed by atoms with Gasteiger partial charge in [0.05, 0.1) is 17.2 Å². The highest BCUT2D eigenvalue weighted by Gasteiger charge is 2.14. The van der Waals surface area contributed by atoms with Gasteiger partial charge in [-0.15, -0.1) is 0 Å². The summed E-state index contributed by atoms with van der Waals surface area (Å²) in [4.78, 5) is 20.1. The van der Waals surface area contributed by atoms with Crippen LogP contribution in [0.25, 0.3) is 0 Å². The fourth-order valence-corrected chi connectivity index (χ4v) is 1.32. The van der Waals surface area contributed by atoms with Gasteiger partial charge in [-0.3, -0.25) is 10.1 Å². The second kappa shape index (κ2) is 5.75. The number of nitrogens with one attached hydrogen (secondary N) is 1. The number of carbonyl (C=O) groups is 1. The molecule has 1 amide bonds. The van der Waals surface area contributed by atoms with E-state index in [1.807, 2.05) is 5.32 Å². The van der Waals surface area contributed by atoms with Crippen LogP contribution in [0.3, 0.4) is 0 Å². The van der Waals surface area contributed by atoms with Crippen LogP contribution in [-0.2, 0) is 0 Å². The smallest absolute Gasteiger partial charge is 0.405 e. The molecule has 0 aliphatic carbocycles. The van der Waals surface area contributed by atoms with Crippen molar-refractivity contribution in [2.75, 3.05) is 12.3 Å². The van der Waals surface area contributed by atoms with Crippen LogP contribution in [0.2, 0.25) is 5.02 Å². The number of halogens is 1. The average Bonchev–Trinajstić information content (AvgIpc) is 2.27. The molecule has 7 nitrogen and oxygen atoms in total. The molecule has 0 saturated carbocycles. The van der Waals surface area contributed by atoms with E-state index in [2.05, 4.69) is 11.8 Å². The Balaban J connectivity index is 2.94. The van der Waals surface area contributed by atoms with E-state index < -0.39 is 11.0 Å². The van der Waals surface area contributed by atoms with Crippen molar-refractivity contribution in [1.82, 2.24) is 5.32 Å². The second-order valence-electron chi connectivity index (χ2n) is 3.11. The molecule has 0 unspecified atom stereocenters. The first-order valence-electron chi connectivity index (χ1n) is 4.61. The first kappa shape index (κ1) is 13.6. The lowest BCUT2D eigenvalue weighted by Gasteiger charge is -2.00. The van der Waals surface area contributed by atoms with E-state index >= 15 is 0 Å². The number of nitro groups is 1. The molecule has 8 heteroatoms.